The lowest BCUT2D eigenvalue weighted by Gasteiger charge is -2.53. The number of methoxy groups -OCH3 is 1. The zero-order valence-corrected chi connectivity index (χ0v) is 60.0. The lowest BCUT2D eigenvalue weighted by atomic mass is 9.74. The van der Waals surface area contributed by atoms with Crippen molar-refractivity contribution < 1.29 is 114 Å². The predicted octanol–water partition coefficient (Wildman–Crippen LogP) is 9.49. The molecule has 104 heavy (non-hydrogen) atoms. The van der Waals surface area contributed by atoms with Crippen LogP contribution in [0.1, 0.15) is 134 Å². The van der Waals surface area contributed by atoms with E-state index in [1.165, 1.54) is 39.8 Å². The summed E-state index contributed by atoms with van der Waals surface area (Å²) < 4.78 is 96.4. The quantitative estimate of drug-likeness (QED) is 0.0214. The van der Waals surface area contributed by atoms with Gasteiger partial charge in [-0.1, -0.05) is 133 Å². The number of carbonyl (C=O) groups is 9. The molecule has 4 aliphatic heterocycles. The molecule has 0 spiro atoms. The van der Waals surface area contributed by atoms with E-state index in [1.807, 2.05) is 13.8 Å². The average molecular weight is 1440 g/mol. The normalized spacial score (nSPS) is 29.3. The summed E-state index contributed by atoms with van der Waals surface area (Å²) in [5, 5.41) is 11.7. The molecule has 5 aromatic carbocycles. The molecule has 2 N–H and O–H groups in total. The van der Waals surface area contributed by atoms with Crippen LogP contribution in [0.25, 0.3) is 0 Å². The molecular formula is C78H92N2O24. The molecule has 0 radical (unpaired) electrons. The van der Waals surface area contributed by atoms with Gasteiger partial charge in [0.25, 0.3) is 5.79 Å². The van der Waals surface area contributed by atoms with E-state index in [2.05, 4.69) is 5.32 Å². The van der Waals surface area contributed by atoms with E-state index >= 15 is 4.79 Å². The second kappa shape index (κ2) is 36.3. The fraction of sp³-hybridized carbons (Fsp3) is 0.487. The summed E-state index contributed by atoms with van der Waals surface area (Å²) >= 11 is 0. The number of esters is 8. The zero-order chi connectivity index (χ0) is 74.9. The summed E-state index contributed by atoms with van der Waals surface area (Å²) in [7, 11) is 1.14. The molecular weight excluding hydrogens is 1350 g/mol. The Bertz CT molecular complexity index is 3740. The van der Waals surface area contributed by atoms with Crippen LogP contribution in [0.5, 0.6) is 0 Å². The van der Waals surface area contributed by atoms with Crippen molar-refractivity contribution in [3.63, 3.8) is 0 Å². The van der Waals surface area contributed by atoms with E-state index in [0.29, 0.717) is 0 Å². The largest absolute Gasteiger partial charge is 0.465 e. The molecule has 0 aliphatic carbocycles. The number of benzene rings is 5. The van der Waals surface area contributed by atoms with Crippen molar-refractivity contribution in [2.45, 2.75) is 168 Å². The Labute approximate surface area is 604 Å². The number of hydrogen-bond acceptors (Lipinski definition) is 25. The van der Waals surface area contributed by atoms with Gasteiger partial charge in [-0.05, 0) is 90.8 Å². The first-order valence-electron chi connectivity index (χ1n) is 34.8. The smallest absolute Gasteiger partial charge is 0.366 e. The van der Waals surface area contributed by atoms with Crippen LogP contribution in [0, 0.1) is 46.8 Å². The Morgan fingerprint density at radius 2 is 0.942 bits per heavy atom. The average Bonchev–Trinajstić information content (AvgIpc) is 0.746. The summed E-state index contributed by atoms with van der Waals surface area (Å²) in [6.45, 7) is 13.7. The van der Waals surface area contributed by atoms with Crippen LogP contribution < -0.4 is 5.32 Å². The van der Waals surface area contributed by atoms with Crippen molar-refractivity contribution in [2.75, 3.05) is 33.5 Å². The third-order valence-corrected chi connectivity index (χ3v) is 19.5. The van der Waals surface area contributed by atoms with Crippen molar-refractivity contribution in [3.8, 4) is 0 Å². The molecule has 26 heteroatoms. The molecule has 26 nitrogen and oxygen atoms in total. The lowest BCUT2D eigenvalue weighted by molar-refractivity contribution is -0.374. The van der Waals surface area contributed by atoms with E-state index in [4.69, 9.17) is 76.5 Å². The van der Waals surface area contributed by atoms with E-state index in [-0.39, 0.29) is 53.2 Å². The van der Waals surface area contributed by atoms with Crippen LogP contribution in [0.3, 0.4) is 0 Å². The molecule has 21 atom stereocenters. The number of carbonyl (C=O) groups excluding carboxylic acids is 9. The SMILES string of the molecule is COC(=O)[C@@]1(OC2C(O[C@@H]3OC(COC(=O)c4ccccc4)[C@H](C)[C@H](C[C@@H]4OC(COC(=O)c5ccccc5)[C@H](OC(=O)c5ccccc5)[C@H](C)C4OC(=O)c4ccccc4)C3NC(C)=O)C(COC(=O)c3ccccc3)O[C@@H](OC(C)=N)C2C)CC(C)[C@H](C)[C@H]([C@H](C)[C@@H](COC(C)=O)OC(C)=O)O1. The Morgan fingerprint density at radius 3 is 1.38 bits per heavy atom. The van der Waals surface area contributed by atoms with Gasteiger partial charge in [0.1, 0.15) is 63.1 Å². The first-order chi connectivity index (χ1) is 49.7. The lowest BCUT2D eigenvalue weighted by Crippen LogP contribution is -2.67. The van der Waals surface area contributed by atoms with Gasteiger partial charge in [-0.3, -0.25) is 19.8 Å². The molecule has 558 valence electrons. The Hall–Kier alpha value is -9.44. The van der Waals surface area contributed by atoms with Gasteiger partial charge in [-0.15, -0.1) is 0 Å². The molecule has 4 aliphatic rings. The molecule has 9 unspecified atom stereocenters. The number of rotatable bonds is 27. The summed E-state index contributed by atoms with van der Waals surface area (Å²) in [6.07, 6.45) is -16.4. The van der Waals surface area contributed by atoms with E-state index < -0.39 is 200 Å². The minimum atomic E-state index is -2.38. The predicted molar refractivity (Wildman–Crippen MR) is 369 cm³/mol. The standard InChI is InChI=1S/C78H92N2O24/c1-43-38-78(77(89)90-11,103-65(44(43)2)46(4)61(96-52(10)83)39-91-51(9)82)104-68-48(6)75(95-49(7)79)99-63(42-94-72(86)55-31-21-14-22-32-55)69(68)102-76-64(80-50(8)81)58(45(3)60(98-76)40-92-70(84)53-27-17-12-18-28-53)37-59-66(100-73(87)56-33-23-15-24-34-56)47(5)67(101-74(88)57-35-25-16-26-36-57)62(97-59)41-93-71(85)54-29-19-13-20-30-54/h12-36,43-48,58-69,75-76,79H,37-42H2,1-11H3,(H,80,81)/t43?,44-,45+,46+,47+,48?,58-,59-,60?,61+,62?,63?,64?,65+,66?,67+,68?,69?,75+,76-,78-/m0/s1. The van der Waals surface area contributed by atoms with Gasteiger partial charge in [0.2, 0.25) is 12.2 Å². The van der Waals surface area contributed by atoms with Crippen molar-refractivity contribution in [2.24, 2.45) is 41.4 Å². The summed E-state index contributed by atoms with van der Waals surface area (Å²) in [6, 6.07) is 39.5. The second-order valence-electron chi connectivity index (χ2n) is 26.9. The third-order valence-electron chi connectivity index (χ3n) is 19.5. The van der Waals surface area contributed by atoms with Crippen molar-refractivity contribution >= 4 is 59.6 Å². The maximum atomic E-state index is 15.0. The topological polar surface area (TPSA) is 328 Å². The van der Waals surface area contributed by atoms with Gasteiger partial charge < -0.3 is 76.4 Å². The second-order valence-corrected chi connectivity index (χ2v) is 26.9. The van der Waals surface area contributed by atoms with Crippen molar-refractivity contribution in [1.82, 2.24) is 5.32 Å². The van der Waals surface area contributed by atoms with Gasteiger partial charge in [-0.25, -0.2) is 28.8 Å². The fourth-order valence-corrected chi connectivity index (χ4v) is 13.9. The van der Waals surface area contributed by atoms with Gasteiger partial charge in [0, 0.05) is 51.9 Å². The van der Waals surface area contributed by atoms with Gasteiger partial charge in [0.15, 0.2) is 12.2 Å². The van der Waals surface area contributed by atoms with Crippen molar-refractivity contribution in [3.05, 3.63) is 179 Å². The minimum Gasteiger partial charge on any atom is -0.465 e. The molecule has 1 amide bonds. The molecule has 0 aromatic heterocycles. The highest BCUT2D eigenvalue weighted by Crippen LogP contribution is 2.47. The molecule has 5 aromatic rings. The highest BCUT2D eigenvalue weighted by molar-refractivity contribution is 5.91. The monoisotopic (exact) mass is 1440 g/mol. The Kier molecular flexibility index (Phi) is 27.5. The molecule has 9 rings (SSSR count). The molecule has 4 heterocycles. The van der Waals surface area contributed by atoms with Crippen LogP contribution in [-0.2, 0) is 90.2 Å². The summed E-state index contributed by atoms with van der Waals surface area (Å²) in [5.74, 6) is -14.9. The molecule has 0 saturated carbocycles. The van der Waals surface area contributed by atoms with Crippen LogP contribution in [0.4, 0.5) is 0 Å². The Morgan fingerprint density at radius 1 is 0.500 bits per heavy atom. The first kappa shape index (κ1) is 78.7. The number of amides is 1. The van der Waals surface area contributed by atoms with Crippen LogP contribution >= 0.6 is 0 Å². The molecule has 4 fully saturated rings. The summed E-state index contributed by atoms with van der Waals surface area (Å²) in [5.41, 5.74) is 0.932. The first-order valence-corrected chi connectivity index (χ1v) is 34.8. The maximum absolute atomic E-state index is 15.0. The van der Waals surface area contributed by atoms with E-state index in [9.17, 15) is 38.4 Å². The van der Waals surface area contributed by atoms with E-state index in [1.54, 1.807) is 167 Å². The fourth-order valence-electron chi connectivity index (χ4n) is 13.9. The zero-order valence-electron chi connectivity index (χ0n) is 60.0. The van der Waals surface area contributed by atoms with Gasteiger partial charge in [0.05, 0.1) is 65.4 Å². The number of nitrogens with one attached hydrogen (secondary N) is 2. The van der Waals surface area contributed by atoms with Gasteiger partial charge >= 0.3 is 47.8 Å². The highest BCUT2D eigenvalue weighted by Gasteiger charge is 2.60. The van der Waals surface area contributed by atoms with Crippen LogP contribution in [-0.4, -0.2) is 179 Å². The number of ether oxygens (including phenoxy) is 15. The van der Waals surface area contributed by atoms with Crippen LogP contribution in [0.15, 0.2) is 152 Å². The van der Waals surface area contributed by atoms with Gasteiger partial charge in [-0.2, -0.15) is 0 Å². The maximum Gasteiger partial charge on any atom is 0.366 e. The molecule has 4 saturated heterocycles. The number of hydrogen-bond donors (Lipinski definition) is 2. The highest BCUT2D eigenvalue weighted by atomic mass is 16.8. The minimum absolute atomic E-state index is 0.157. The molecule has 0 bridgehead atoms. The van der Waals surface area contributed by atoms with Crippen LogP contribution in [0.2, 0.25) is 0 Å². The summed E-state index contributed by atoms with van der Waals surface area (Å²) in [4.78, 5) is 125. The van der Waals surface area contributed by atoms with Crippen molar-refractivity contribution in [1.29, 1.82) is 5.41 Å². The Balaban J connectivity index is 1.18. The third kappa shape index (κ3) is 19.9. The van der Waals surface area contributed by atoms with E-state index in [0.717, 1.165) is 7.11 Å².